The monoisotopic (exact) mass is 157 g/mol. The standard InChI is InChI=1S/C8H19N3/c1-7(2)11-6-8-9-4-3-5-10-8/h7-11H,3-6H2,1-2H3. The lowest BCUT2D eigenvalue weighted by Crippen LogP contribution is -2.54. The average molecular weight is 157 g/mol. The molecule has 0 aromatic heterocycles. The van der Waals surface area contributed by atoms with Gasteiger partial charge in [-0.2, -0.15) is 0 Å². The van der Waals surface area contributed by atoms with Crippen LogP contribution >= 0.6 is 0 Å². The van der Waals surface area contributed by atoms with E-state index in [9.17, 15) is 0 Å². The lowest BCUT2D eigenvalue weighted by atomic mass is 10.3. The van der Waals surface area contributed by atoms with Crippen LogP contribution in [0.3, 0.4) is 0 Å². The average Bonchev–Trinajstić information content (AvgIpc) is 2.03. The van der Waals surface area contributed by atoms with Gasteiger partial charge in [0.1, 0.15) is 0 Å². The molecule has 0 aromatic rings. The van der Waals surface area contributed by atoms with Crippen molar-refractivity contribution in [1.82, 2.24) is 16.0 Å². The molecule has 1 fully saturated rings. The minimum Gasteiger partial charge on any atom is -0.312 e. The van der Waals surface area contributed by atoms with Gasteiger partial charge in [-0.3, -0.25) is 0 Å². The van der Waals surface area contributed by atoms with Crippen LogP contribution in [-0.2, 0) is 0 Å². The molecule has 1 aliphatic heterocycles. The van der Waals surface area contributed by atoms with Gasteiger partial charge in [0.15, 0.2) is 0 Å². The molecule has 0 saturated carbocycles. The maximum atomic E-state index is 3.40. The molecular formula is C8H19N3. The van der Waals surface area contributed by atoms with Gasteiger partial charge in [0.25, 0.3) is 0 Å². The van der Waals surface area contributed by atoms with Crippen molar-refractivity contribution in [3.63, 3.8) is 0 Å². The minimum atomic E-state index is 0.478. The van der Waals surface area contributed by atoms with Crippen molar-refractivity contribution in [2.24, 2.45) is 0 Å². The quantitative estimate of drug-likeness (QED) is 0.535. The van der Waals surface area contributed by atoms with Crippen molar-refractivity contribution >= 4 is 0 Å². The zero-order valence-electron chi connectivity index (χ0n) is 7.48. The summed E-state index contributed by atoms with van der Waals surface area (Å²) in [6.07, 6.45) is 1.73. The summed E-state index contributed by atoms with van der Waals surface area (Å²) >= 11 is 0. The molecule has 0 spiro atoms. The van der Waals surface area contributed by atoms with E-state index < -0.39 is 0 Å². The van der Waals surface area contributed by atoms with E-state index in [0.717, 1.165) is 19.6 Å². The summed E-state index contributed by atoms with van der Waals surface area (Å²) in [6, 6.07) is 0.584. The molecule has 0 aromatic carbocycles. The smallest absolute Gasteiger partial charge is 0.0700 e. The molecule has 1 heterocycles. The Bertz CT molecular complexity index is 97.5. The minimum absolute atomic E-state index is 0.478. The molecule has 11 heavy (non-hydrogen) atoms. The van der Waals surface area contributed by atoms with Crippen LogP contribution in [0.5, 0.6) is 0 Å². The number of nitrogens with one attached hydrogen (secondary N) is 3. The van der Waals surface area contributed by atoms with Crippen LogP contribution in [0, 0.1) is 0 Å². The van der Waals surface area contributed by atoms with Crippen molar-refractivity contribution in [1.29, 1.82) is 0 Å². The van der Waals surface area contributed by atoms with Crippen LogP contribution < -0.4 is 16.0 Å². The summed E-state index contributed by atoms with van der Waals surface area (Å²) < 4.78 is 0. The highest BCUT2D eigenvalue weighted by Gasteiger charge is 2.10. The first-order valence-electron chi connectivity index (χ1n) is 4.49. The van der Waals surface area contributed by atoms with Crippen LogP contribution in [-0.4, -0.2) is 31.8 Å². The molecule has 0 bridgehead atoms. The summed E-state index contributed by atoms with van der Waals surface area (Å²) in [4.78, 5) is 0. The molecule has 0 atom stereocenters. The second kappa shape index (κ2) is 4.70. The number of rotatable bonds is 3. The predicted molar refractivity (Wildman–Crippen MR) is 47.5 cm³/mol. The molecule has 3 N–H and O–H groups in total. The fraction of sp³-hybridized carbons (Fsp3) is 1.00. The maximum absolute atomic E-state index is 3.40. The van der Waals surface area contributed by atoms with Gasteiger partial charge in [0, 0.05) is 12.6 Å². The third-order valence-electron chi connectivity index (χ3n) is 1.87. The molecule has 3 nitrogen and oxygen atoms in total. The second-order valence-corrected chi connectivity index (χ2v) is 3.38. The van der Waals surface area contributed by atoms with Crippen molar-refractivity contribution in [2.75, 3.05) is 19.6 Å². The van der Waals surface area contributed by atoms with Crippen molar-refractivity contribution in [3.05, 3.63) is 0 Å². The molecule has 0 unspecified atom stereocenters. The van der Waals surface area contributed by atoms with E-state index in [4.69, 9.17) is 0 Å². The first kappa shape index (κ1) is 8.97. The van der Waals surface area contributed by atoms with Crippen LogP contribution in [0.2, 0.25) is 0 Å². The van der Waals surface area contributed by atoms with E-state index in [1.165, 1.54) is 6.42 Å². The van der Waals surface area contributed by atoms with Crippen molar-refractivity contribution in [3.8, 4) is 0 Å². The van der Waals surface area contributed by atoms with Crippen LogP contribution in [0.1, 0.15) is 20.3 Å². The summed E-state index contributed by atoms with van der Waals surface area (Å²) in [7, 11) is 0. The highest BCUT2D eigenvalue weighted by atomic mass is 15.2. The first-order valence-corrected chi connectivity index (χ1v) is 4.49. The molecule has 0 amide bonds. The molecular weight excluding hydrogens is 138 g/mol. The Morgan fingerprint density at radius 3 is 2.55 bits per heavy atom. The van der Waals surface area contributed by atoms with Crippen LogP contribution in [0.15, 0.2) is 0 Å². The maximum Gasteiger partial charge on any atom is 0.0700 e. The largest absolute Gasteiger partial charge is 0.312 e. The van der Waals surface area contributed by atoms with E-state index in [0.29, 0.717) is 12.2 Å². The zero-order valence-corrected chi connectivity index (χ0v) is 7.48. The van der Waals surface area contributed by atoms with Gasteiger partial charge >= 0.3 is 0 Å². The fourth-order valence-electron chi connectivity index (χ4n) is 1.21. The third kappa shape index (κ3) is 3.70. The molecule has 1 rings (SSSR count). The fourth-order valence-corrected chi connectivity index (χ4v) is 1.21. The molecule has 0 aliphatic carbocycles. The Balaban J connectivity index is 2.05. The molecule has 0 radical (unpaired) electrons. The van der Waals surface area contributed by atoms with Gasteiger partial charge < -0.3 is 16.0 Å². The molecule has 1 saturated heterocycles. The van der Waals surface area contributed by atoms with E-state index in [1.807, 2.05) is 0 Å². The van der Waals surface area contributed by atoms with E-state index >= 15 is 0 Å². The van der Waals surface area contributed by atoms with Gasteiger partial charge in [-0.05, 0) is 19.5 Å². The second-order valence-electron chi connectivity index (χ2n) is 3.38. The number of hydrogen-bond donors (Lipinski definition) is 3. The Kier molecular flexibility index (Phi) is 3.83. The van der Waals surface area contributed by atoms with Gasteiger partial charge in [0.2, 0.25) is 0 Å². The van der Waals surface area contributed by atoms with Gasteiger partial charge in [-0.25, -0.2) is 0 Å². The Labute approximate surface area is 68.9 Å². The van der Waals surface area contributed by atoms with E-state index in [2.05, 4.69) is 29.8 Å². The Morgan fingerprint density at radius 1 is 1.36 bits per heavy atom. The lowest BCUT2D eigenvalue weighted by molar-refractivity contribution is 0.346. The van der Waals surface area contributed by atoms with Gasteiger partial charge in [0.05, 0.1) is 6.17 Å². The lowest BCUT2D eigenvalue weighted by Gasteiger charge is -2.26. The summed E-state index contributed by atoms with van der Waals surface area (Å²) in [6.45, 7) is 7.66. The SMILES string of the molecule is CC(C)NCC1NCCCN1. The van der Waals surface area contributed by atoms with E-state index in [1.54, 1.807) is 0 Å². The number of hydrogen-bond acceptors (Lipinski definition) is 3. The van der Waals surface area contributed by atoms with Gasteiger partial charge in [-0.1, -0.05) is 13.8 Å². The zero-order chi connectivity index (χ0) is 8.10. The highest BCUT2D eigenvalue weighted by molar-refractivity contribution is 4.72. The van der Waals surface area contributed by atoms with Crippen LogP contribution in [0.25, 0.3) is 0 Å². The third-order valence-corrected chi connectivity index (χ3v) is 1.87. The van der Waals surface area contributed by atoms with Crippen LogP contribution in [0.4, 0.5) is 0 Å². The predicted octanol–water partition coefficient (Wildman–Crippen LogP) is -0.107. The Hall–Kier alpha value is -0.120. The molecule has 1 aliphatic rings. The molecule has 3 heteroatoms. The summed E-state index contributed by atoms with van der Waals surface area (Å²) in [5.41, 5.74) is 0. The van der Waals surface area contributed by atoms with Crippen molar-refractivity contribution < 1.29 is 0 Å². The summed E-state index contributed by atoms with van der Waals surface area (Å²) in [5.74, 6) is 0. The highest BCUT2D eigenvalue weighted by Crippen LogP contribution is 1.87. The molecule has 66 valence electrons. The van der Waals surface area contributed by atoms with Crippen molar-refractivity contribution in [2.45, 2.75) is 32.5 Å². The van der Waals surface area contributed by atoms with Gasteiger partial charge in [-0.15, -0.1) is 0 Å². The summed E-state index contributed by atoms with van der Waals surface area (Å²) in [5, 5.41) is 10.2. The first-order chi connectivity index (χ1) is 5.29. The normalized spacial score (nSPS) is 21.0. The van der Waals surface area contributed by atoms with E-state index in [-0.39, 0.29) is 0 Å². The topological polar surface area (TPSA) is 36.1 Å². The Morgan fingerprint density at radius 2 is 2.00 bits per heavy atom.